The Balaban J connectivity index is 1.34. The van der Waals surface area contributed by atoms with Crippen molar-refractivity contribution >= 4 is 11.5 Å². The first-order valence-electron chi connectivity index (χ1n) is 11.8. The van der Waals surface area contributed by atoms with Gasteiger partial charge in [0.15, 0.2) is 0 Å². The Kier molecular flexibility index (Phi) is 8.96. The molecule has 0 saturated heterocycles. The van der Waals surface area contributed by atoms with Gasteiger partial charge in [0.1, 0.15) is 0 Å². The lowest BCUT2D eigenvalue weighted by Crippen LogP contribution is -2.38. The molecule has 4 nitrogen and oxygen atoms in total. The molecule has 4 heteroatoms. The fourth-order valence-corrected chi connectivity index (χ4v) is 4.76. The van der Waals surface area contributed by atoms with E-state index in [1.807, 2.05) is 0 Å². The number of carbonyl (C=O) groups is 1. The minimum Gasteiger partial charge on any atom is -0.353 e. The molecular formula is C26H37N3O. The van der Waals surface area contributed by atoms with Crippen molar-refractivity contribution in [3.8, 4) is 6.07 Å². The number of amides is 1. The monoisotopic (exact) mass is 407 g/mol. The molecule has 1 heterocycles. The van der Waals surface area contributed by atoms with Crippen LogP contribution in [0.2, 0.25) is 0 Å². The Morgan fingerprint density at radius 1 is 1.27 bits per heavy atom. The highest BCUT2D eigenvalue weighted by molar-refractivity contribution is 5.76. The largest absolute Gasteiger partial charge is 0.353 e. The predicted molar refractivity (Wildman–Crippen MR) is 123 cm³/mol. The summed E-state index contributed by atoms with van der Waals surface area (Å²) in [6.07, 6.45) is 12.2. The van der Waals surface area contributed by atoms with Gasteiger partial charge in [0.25, 0.3) is 0 Å². The average Bonchev–Trinajstić information content (AvgIpc) is 2.79. The second-order valence-corrected chi connectivity index (χ2v) is 8.92. The SMILES string of the molecule is CCc1cccc(C2=CCN(CCC3CCC(NC(=O)CCCC#N)CC3)CC2)c1. The molecule has 1 aliphatic heterocycles. The minimum atomic E-state index is 0.120. The smallest absolute Gasteiger partial charge is 0.220 e. The van der Waals surface area contributed by atoms with E-state index in [2.05, 4.69) is 53.6 Å². The fraction of sp³-hybridized carbons (Fsp3) is 0.615. The third kappa shape index (κ3) is 6.99. The van der Waals surface area contributed by atoms with E-state index in [1.165, 1.54) is 42.5 Å². The molecule has 0 spiro atoms. The van der Waals surface area contributed by atoms with Gasteiger partial charge in [-0.1, -0.05) is 37.3 Å². The number of carbonyl (C=O) groups excluding carboxylic acids is 1. The minimum absolute atomic E-state index is 0.120. The zero-order valence-electron chi connectivity index (χ0n) is 18.5. The van der Waals surface area contributed by atoms with Gasteiger partial charge in [-0.15, -0.1) is 0 Å². The van der Waals surface area contributed by atoms with Crippen molar-refractivity contribution in [2.75, 3.05) is 19.6 Å². The van der Waals surface area contributed by atoms with Crippen LogP contribution in [0.1, 0.15) is 75.8 Å². The zero-order chi connectivity index (χ0) is 21.2. The lowest BCUT2D eigenvalue weighted by atomic mass is 9.84. The third-order valence-electron chi connectivity index (χ3n) is 6.76. The van der Waals surface area contributed by atoms with E-state index in [4.69, 9.17) is 5.26 Å². The topological polar surface area (TPSA) is 56.1 Å². The van der Waals surface area contributed by atoms with Crippen LogP contribution in [-0.2, 0) is 11.2 Å². The van der Waals surface area contributed by atoms with Gasteiger partial charge in [-0.3, -0.25) is 9.69 Å². The summed E-state index contributed by atoms with van der Waals surface area (Å²) in [6, 6.07) is 11.4. The van der Waals surface area contributed by atoms with Crippen LogP contribution < -0.4 is 5.32 Å². The van der Waals surface area contributed by atoms with Gasteiger partial charge in [-0.2, -0.15) is 5.26 Å². The number of hydrogen-bond donors (Lipinski definition) is 1. The summed E-state index contributed by atoms with van der Waals surface area (Å²) in [5.74, 6) is 0.914. The second-order valence-electron chi connectivity index (χ2n) is 8.92. The first-order chi connectivity index (χ1) is 14.7. The van der Waals surface area contributed by atoms with E-state index in [0.717, 1.165) is 44.7 Å². The molecular weight excluding hydrogens is 370 g/mol. The number of rotatable bonds is 9. The molecule has 0 unspecified atom stereocenters. The van der Waals surface area contributed by atoms with E-state index in [1.54, 1.807) is 0 Å². The molecule has 0 radical (unpaired) electrons. The standard InChI is InChI=1S/C26H37N3O/c1-2-21-6-5-7-24(20-21)23-14-18-29(19-15-23)17-13-22-9-11-25(12-10-22)28-26(30)8-3-4-16-27/h5-7,14,20,22,25H,2-4,8-13,15,17-19H2,1H3,(H,28,30). The number of aryl methyl sites for hydroxylation is 1. The maximum Gasteiger partial charge on any atom is 0.220 e. The van der Waals surface area contributed by atoms with Crippen molar-refractivity contribution < 1.29 is 4.79 Å². The van der Waals surface area contributed by atoms with Crippen LogP contribution in [0.25, 0.3) is 5.57 Å². The Hall–Kier alpha value is -2.12. The van der Waals surface area contributed by atoms with Gasteiger partial charge in [0, 0.05) is 32.0 Å². The summed E-state index contributed by atoms with van der Waals surface area (Å²) < 4.78 is 0. The summed E-state index contributed by atoms with van der Waals surface area (Å²) in [4.78, 5) is 14.5. The molecule has 3 rings (SSSR count). The molecule has 1 fully saturated rings. The highest BCUT2D eigenvalue weighted by Crippen LogP contribution is 2.28. The third-order valence-corrected chi connectivity index (χ3v) is 6.76. The van der Waals surface area contributed by atoms with Crippen LogP contribution in [0.4, 0.5) is 0 Å². The first kappa shape index (κ1) is 22.6. The van der Waals surface area contributed by atoms with Crippen LogP contribution in [-0.4, -0.2) is 36.5 Å². The maximum atomic E-state index is 11.9. The number of unbranched alkanes of at least 4 members (excludes halogenated alkanes) is 1. The molecule has 1 aromatic carbocycles. The highest BCUT2D eigenvalue weighted by Gasteiger charge is 2.23. The van der Waals surface area contributed by atoms with Crippen LogP contribution in [0.15, 0.2) is 30.3 Å². The quantitative estimate of drug-likeness (QED) is 0.580. The normalized spacial score (nSPS) is 22.2. The van der Waals surface area contributed by atoms with E-state index in [-0.39, 0.29) is 5.91 Å². The van der Waals surface area contributed by atoms with E-state index >= 15 is 0 Å². The van der Waals surface area contributed by atoms with Crippen LogP contribution in [0.5, 0.6) is 0 Å². The Labute approximate surface area is 182 Å². The summed E-state index contributed by atoms with van der Waals surface area (Å²) in [5, 5.41) is 11.7. The molecule has 1 aliphatic carbocycles. The zero-order valence-corrected chi connectivity index (χ0v) is 18.5. The van der Waals surface area contributed by atoms with E-state index < -0.39 is 0 Å². The Morgan fingerprint density at radius 3 is 2.80 bits per heavy atom. The lowest BCUT2D eigenvalue weighted by Gasteiger charge is -2.32. The van der Waals surface area contributed by atoms with Crippen molar-refractivity contribution in [3.05, 3.63) is 41.5 Å². The molecule has 0 bridgehead atoms. The Morgan fingerprint density at radius 2 is 2.10 bits per heavy atom. The lowest BCUT2D eigenvalue weighted by molar-refractivity contribution is -0.122. The Bertz CT molecular complexity index is 756. The molecule has 0 aromatic heterocycles. The first-order valence-corrected chi connectivity index (χ1v) is 11.8. The van der Waals surface area contributed by atoms with E-state index in [0.29, 0.717) is 25.3 Å². The van der Waals surface area contributed by atoms with E-state index in [9.17, 15) is 4.79 Å². The van der Waals surface area contributed by atoms with Crippen molar-refractivity contribution in [3.63, 3.8) is 0 Å². The fourth-order valence-electron chi connectivity index (χ4n) is 4.76. The van der Waals surface area contributed by atoms with Crippen molar-refractivity contribution in [1.29, 1.82) is 5.26 Å². The molecule has 1 N–H and O–H groups in total. The molecule has 162 valence electrons. The molecule has 1 saturated carbocycles. The number of hydrogen-bond acceptors (Lipinski definition) is 3. The molecule has 1 aromatic rings. The number of nitrogens with zero attached hydrogens (tertiary/aromatic N) is 2. The second kappa shape index (κ2) is 11.9. The highest BCUT2D eigenvalue weighted by atomic mass is 16.1. The number of nitrogens with one attached hydrogen (secondary N) is 1. The molecule has 0 atom stereocenters. The summed E-state index contributed by atoms with van der Waals surface area (Å²) >= 11 is 0. The number of benzene rings is 1. The molecule has 30 heavy (non-hydrogen) atoms. The van der Waals surface area contributed by atoms with Gasteiger partial charge in [-0.25, -0.2) is 0 Å². The summed E-state index contributed by atoms with van der Waals surface area (Å²) in [7, 11) is 0. The predicted octanol–water partition coefficient (Wildman–Crippen LogP) is 5.10. The average molecular weight is 408 g/mol. The molecule has 1 amide bonds. The number of nitriles is 1. The van der Waals surface area contributed by atoms with Crippen LogP contribution in [0.3, 0.4) is 0 Å². The van der Waals surface area contributed by atoms with Crippen molar-refractivity contribution in [2.24, 2.45) is 5.92 Å². The summed E-state index contributed by atoms with van der Waals surface area (Å²) in [5.41, 5.74) is 4.33. The summed E-state index contributed by atoms with van der Waals surface area (Å²) in [6.45, 7) is 5.64. The van der Waals surface area contributed by atoms with Gasteiger partial charge >= 0.3 is 0 Å². The van der Waals surface area contributed by atoms with Crippen molar-refractivity contribution in [1.82, 2.24) is 10.2 Å². The van der Waals surface area contributed by atoms with Crippen LogP contribution in [0, 0.1) is 17.2 Å². The van der Waals surface area contributed by atoms with Crippen LogP contribution >= 0.6 is 0 Å². The van der Waals surface area contributed by atoms with Gasteiger partial charge in [-0.05, 0) is 80.5 Å². The molecule has 2 aliphatic rings. The van der Waals surface area contributed by atoms with Gasteiger partial charge in [0.05, 0.1) is 6.07 Å². The van der Waals surface area contributed by atoms with Crippen molar-refractivity contribution in [2.45, 2.75) is 77.2 Å². The maximum absolute atomic E-state index is 11.9. The van der Waals surface area contributed by atoms with Gasteiger partial charge < -0.3 is 5.32 Å². The van der Waals surface area contributed by atoms with Gasteiger partial charge in [0.2, 0.25) is 5.91 Å².